The minimum Gasteiger partial charge on any atom is -0.364 e. The van der Waals surface area contributed by atoms with Crippen molar-refractivity contribution < 1.29 is 9.53 Å². The van der Waals surface area contributed by atoms with E-state index in [-0.39, 0.29) is 18.1 Å². The molecule has 0 spiro atoms. The van der Waals surface area contributed by atoms with Crippen LogP contribution in [0.3, 0.4) is 0 Å². The summed E-state index contributed by atoms with van der Waals surface area (Å²) in [5, 5.41) is 3.19. The number of hydrogen-bond acceptors (Lipinski definition) is 4. The molecule has 19 heavy (non-hydrogen) atoms. The molecule has 0 aromatic carbocycles. The van der Waals surface area contributed by atoms with E-state index in [0.29, 0.717) is 18.6 Å². The van der Waals surface area contributed by atoms with Crippen molar-refractivity contribution in [2.75, 3.05) is 19.6 Å². The maximum atomic E-state index is 12.2. The van der Waals surface area contributed by atoms with Gasteiger partial charge in [-0.2, -0.15) is 0 Å². The van der Waals surface area contributed by atoms with Crippen molar-refractivity contribution in [1.82, 2.24) is 10.2 Å². The number of nitrogens with one attached hydrogen (secondary N) is 1. The topological polar surface area (TPSA) is 67.6 Å². The number of amides is 1. The lowest BCUT2D eigenvalue weighted by Gasteiger charge is -2.35. The predicted molar refractivity (Wildman–Crippen MR) is 72.7 cm³/mol. The molecule has 4 unspecified atom stereocenters. The van der Waals surface area contributed by atoms with Crippen molar-refractivity contribution in [3.05, 3.63) is 0 Å². The predicted octanol–water partition coefficient (Wildman–Crippen LogP) is 0.236. The van der Waals surface area contributed by atoms with Crippen LogP contribution in [-0.4, -0.2) is 54.7 Å². The number of hydrogen-bond donors (Lipinski definition) is 2. The molecular formula is C14H25N3O2. The number of carbonyl (C=O) groups excluding carboxylic acids is 1. The third-order valence-electron chi connectivity index (χ3n) is 4.83. The van der Waals surface area contributed by atoms with Crippen molar-refractivity contribution in [2.24, 2.45) is 5.73 Å². The fraction of sp³-hybridized carbons (Fsp3) is 0.929. The molecule has 0 aromatic rings. The van der Waals surface area contributed by atoms with Gasteiger partial charge in [0.2, 0.25) is 5.91 Å². The minimum atomic E-state index is -0.268. The van der Waals surface area contributed by atoms with Crippen LogP contribution in [0.15, 0.2) is 0 Å². The summed E-state index contributed by atoms with van der Waals surface area (Å²) in [6.07, 6.45) is 6.33. The Morgan fingerprint density at radius 2 is 2.16 bits per heavy atom. The molecule has 0 saturated carbocycles. The van der Waals surface area contributed by atoms with Crippen molar-refractivity contribution in [2.45, 2.75) is 62.8 Å². The summed E-state index contributed by atoms with van der Waals surface area (Å²) >= 11 is 0. The van der Waals surface area contributed by atoms with Crippen molar-refractivity contribution >= 4 is 5.91 Å². The molecule has 5 nitrogen and oxygen atoms in total. The van der Waals surface area contributed by atoms with Crippen LogP contribution in [0.4, 0.5) is 0 Å². The summed E-state index contributed by atoms with van der Waals surface area (Å²) in [5.41, 5.74) is 5.58. The molecule has 4 atom stereocenters. The average molecular weight is 267 g/mol. The lowest BCUT2D eigenvalue weighted by atomic mass is 9.97. The SMILES string of the molecule is NCC1CCC(C(=O)NC2CCN3CCCC3C2)O1. The Kier molecular flexibility index (Phi) is 4.05. The van der Waals surface area contributed by atoms with Gasteiger partial charge in [0.05, 0.1) is 6.10 Å². The summed E-state index contributed by atoms with van der Waals surface area (Å²) in [6.45, 7) is 2.89. The summed E-state index contributed by atoms with van der Waals surface area (Å²) in [7, 11) is 0. The second kappa shape index (κ2) is 5.77. The molecule has 3 N–H and O–H groups in total. The highest BCUT2D eigenvalue weighted by Crippen LogP contribution is 2.27. The van der Waals surface area contributed by atoms with Crippen LogP contribution in [-0.2, 0) is 9.53 Å². The van der Waals surface area contributed by atoms with Gasteiger partial charge in [0.25, 0.3) is 0 Å². The Hall–Kier alpha value is -0.650. The summed E-state index contributed by atoms with van der Waals surface area (Å²) in [5.74, 6) is 0.0763. The number of piperidine rings is 1. The van der Waals surface area contributed by atoms with Gasteiger partial charge in [-0.15, -0.1) is 0 Å². The average Bonchev–Trinajstić information content (AvgIpc) is 3.06. The number of fused-ring (bicyclic) bond motifs is 1. The maximum Gasteiger partial charge on any atom is 0.249 e. The first-order valence-corrected chi connectivity index (χ1v) is 7.66. The van der Waals surface area contributed by atoms with E-state index in [9.17, 15) is 4.79 Å². The van der Waals surface area contributed by atoms with Gasteiger partial charge in [0.15, 0.2) is 0 Å². The maximum absolute atomic E-state index is 12.2. The zero-order chi connectivity index (χ0) is 13.2. The third-order valence-corrected chi connectivity index (χ3v) is 4.83. The van der Waals surface area contributed by atoms with Crippen LogP contribution in [0.25, 0.3) is 0 Å². The van der Waals surface area contributed by atoms with Gasteiger partial charge in [-0.1, -0.05) is 0 Å². The first-order chi connectivity index (χ1) is 9.26. The molecule has 0 aliphatic carbocycles. The molecule has 3 aliphatic rings. The first kappa shape index (κ1) is 13.3. The standard InChI is InChI=1S/C14H25N3O2/c15-9-12-3-4-13(19-12)14(18)16-10-5-7-17-6-1-2-11(17)8-10/h10-13H,1-9,15H2,(H,16,18). The van der Waals surface area contributed by atoms with E-state index < -0.39 is 0 Å². The van der Waals surface area contributed by atoms with E-state index in [0.717, 1.165) is 32.2 Å². The van der Waals surface area contributed by atoms with Crippen LogP contribution < -0.4 is 11.1 Å². The summed E-state index contributed by atoms with van der Waals surface area (Å²) in [6, 6.07) is 1.03. The van der Waals surface area contributed by atoms with Gasteiger partial charge < -0.3 is 20.7 Å². The number of rotatable bonds is 3. The molecule has 3 aliphatic heterocycles. The van der Waals surface area contributed by atoms with Crippen LogP contribution >= 0.6 is 0 Å². The normalized spacial score (nSPS) is 39.2. The number of nitrogens with two attached hydrogens (primary N) is 1. The Labute approximate surface area is 114 Å². The number of carbonyl (C=O) groups is 1. The Bertz CT molecular complexity index is 337. The second-order valence-electron chi connectivity index (χ2n) is 6.12. The molecular weight excluding hydrogens is 242 g/mol. The summed E-state index contributed by atoms with van der Waals surface area (Å²) in [4.78, 5) is 14.7. The first-order valence-electron chi connectivity index (χ1n) is 7.66. The van der Waals surface area contributed by atoms with E-state index in [2.05, 4.69) is 10.2 Å². The Morgan fingerprint density at radius 3 is 2.95 bits per heavy atom. The van der Waals surface area contributed by atoms with Crippen LogP contribution in [0.5, 0.6) is 0 Å². The lowest BCUT2D eigenvalue weighted by Crippen LogP contribution is -2.49. The molecule has 3 heterocycles. The molecule has 3 fully saturated rings. The highest BCUT2D eigenvalue weighted by molar-refractivity contribution is 5.81. The molecule has 0 bridgehead atoms. The van der Waals surface area contributed by atoms with E-state index in [1.165, 1.54) is 19.4 Å². The van der Waals surface area contributed by atoms with E-state index in [1.54, 1.807) is 0 Å². The van der Waals surface area contributed by atoms with Gasteiger partial charge in [0, 0.05) is 25.2 Å². The summed E-state index contributed by atoms with van der Waals surface area (Å²) < 4.78 is 5.65. The molecule has 0 aromatic heterocycles. The highest BCUT2D eigenvalue weighted by atomic mass is 16.5. The van der Waals surface area contributed by atoms with Crippen LogP contribution in [0.2, 0.25) is 0 Å². The van der Waals surface area contributed by atoms with E-state index in [4.69, 9.17) is 10.5 Å². The van der Waals surface area contributed by atoms with Crippen LogP contribution in [0.1, 0.15) is 38.5 Å². The van der Waals surface area contributed by atoms with Gasteiger partial charge in [-0.3, -0.25) is 4.79 Å². The highest BCUT2D eigenvalue weighted by Gasteiger charge is 2.35. The largest absolute Gasteiger partial charge is 0.364 e. The Balaban J connectivity index is 1.47. The van der Waals surface area contributed by atoms with Crippen LogP contribution in [0, 0.1) is 0 Å². The van der Waals surface area contributed by atoms with Gasteiger partial charge in [0.1, 0.15) is 6.10 Å². The second-order valence-corrected chi connectivity index (χ2v) is 6.12. The van der Waals surface area contributed by atoms with Crippen molar-refractivity contribution in [3.8, 4) is 0 Å². The quantitative estimate of drug-likeness (QED) is 0.768. The minimum absolute atomic E-state index is 0.0763. The fourth-order valence-corrected chi connectivity index (χ4v) is 3.72. The third kappa shape index (κ3) is 2.93. The van der Waals surface area contributed by atoms with E-state index >= 15 is 0 Å². The van der Waals surface area contributed by atoms with Gasteiger partial charge in [-0.25, -0.2) is 0 Å². The van der Waals surface area contributed by atoms with Gasteiger partial charge in [-0.05, 0) is 45.1 Å². The molecule has 108 valence electrons. The molecule has 3 rings (SSSR count). The molecule has 3 saturated heterocycles. The monoisotopic (exact) mass is 267 g/mol. The van der Waals surface area contributed by atoms with Gasteiger partial charge >= 0.3 is 0 Å². The number of ether oxygens (including phenoxy) is 1. The fourth-order valence-electron chi connectivity index (χ4n) is 3.72. The smallest absolute Gasteiger partial charge is 0.249 e. The van der Waals surface area contributed by atoms with Crippen molar-refractivity contribution in [3.63, 3.8) is 0 Å². The number of nitrogens with zero attached hydrogens (tertiary/aromatic N) is 1. The molecule has 0 radical (unpaired) electrons. The zero-order valence-corrected chi connectivity index (χ0v) is 11.5. The lowest BCUT2D eigenvalue weighted by molar-refractivity contribution is -0.133. The van der Waals surface area contributed by atoms with E-state index in [1.807, 2.05) is 0 Å². The molecule has 5 heteroatoms. The van der Waals surface area contributed by atoms with Crippen molar-refractivity contribution in [1.29, 1.82) is 0 Å². The zero-order valence-electron chi connectivity index (χ0n) is 11.5. The molecule has 1 amide bonds. The Morgan fingerprint density at radius 1 is 1.26 bits per heavy atom.